The molecule has 1 aliphatic rings. The highest BCUT2D eigenvalue weighted by molar-refractivity contribution is 5.42. The summed E-state index contributed by atoms with van der Waals surface area (Å²) in [5.74, 6) is 0.468. The van der Waals surface area contributed by atoms with Crippen LogP contribution < -0.4 is 4.74 Å². The van der Waals surface area contributed by atoms with Gasteiger partial charge in [0.25, 0.3) is 0 Å². The Kier molecular flexibility index (Phi) is 3.80. The first-order valence-electron chi connectivity index (χ1n) is 5.97. The lowest BCUT2D eigenvalue weighted by Gasteiger charge is -2.23. The van der Waals surface area contributed by atoms with E-state index in [1.165, 1.54) is 0 Å². The lowest BCUT2D eigenvalue weighted by atomic mass is 9.89. The molecule has 0 amide bonds. The molecule has 0 aromatic heterocycles. The van der Waals surface area contributed by atoms with Crippen LogP contribution in [0.4, 0.5) is 13.2 Å². The highest BCUT2D eigenvalue weighted by atomic mass is 19.4. The molecule has 1 aliphatic carbocycles. The van der Waals surface area contributed by atoms with Crippen molar-refractivity contribution in [3.63, 3.8) is 0 Å². The van der Waals surface area contributed by atoms with Crippen molar-refractivity contribution in [1.29, 1.82) is 0 Å². The predicted molar refractivity (Wildman–Crippen MR) is 60.5 cm³/mol. The fraction of sp³-hybridized carbons (Fsp3) is 0.538. The van der Waals surface area contributed by atoms with E-state index in [-0.39, 0.29) is 6.61 Å². The Morgan fingerprint density at radius 1 is 1.33 bits per heavy atom. The van der Waals surface area contributed by atoms with Crippen LogP contribution in [-0.4, -0.2) is 17.9 Å². The second-order valence-electron chi connectivity index (χ2n) is 4.45. The zero-order valence-corrected chi connectivity index (χ0v) is 9.83. The molecule has 2 nitrogen and oxygen atoms in total. The van der Waals surface area contributed by atoms with E-state index in [9.17, 15) is 18.3 Å². The number of rotatable bonds is 3. The van der Waals surface area contributed by atoms with Crippen LogP contribution in [0, 0.1) is 0 Å². The van der Waals surface area contributed by atoms with Crippen LogP contribution in [0.3, 0.4) is 0 Å². The summed E-state index contributed by atoms with van der Waals surface area (Å²) in [5.41, 5.74) is 1.63. The predicted octanol–water partition coefficient (Wildman–Crippen LogP) is 3.39. The topological polar surface area (TPSA) is 29.5 Å². The number of fused-ring (bicyclic) bond motifs is 1. The zero-order valence-electron chi connectivity index (χ0n) is 9.83. The second-order valence-corrected chi connectivity index (χ2v) is 4.45. The Morgan fingerprint density at radius 3 is 2.83 bits per heavy atom. The SMILES string of the molecule is OC1CCCc2c(OCCC(F)(F)F)cccc21. The fourth-order valence-corrected chi connectivity index (χ4v) is 2.20. The molecule has 1 atom stereocenters. The number of alkyl halides is 3. The minimum absolute atomic E-state index is 0.379. The van der Waals surface area contributed by atoms with Crippen molar-refractivity contribution in [2.45, 2.75) is 38.0 Å². The smallest absolute Gasteiger partial charge is 0.392 e. The van der Waals surface area contributed by atoms with Gasteiger partial charge in [0, 0.05) is 0 Å². The summed E-state index contributed by atoms with van der Waals surface area (Å²) in [5, 5.41) is 9.80. The van der Waals surface area contributed by atoms with E-state index in [4.69, 9.17) is 4.74 Å². The van der Waals surface area contributed by atoms with Crippen LogP contribution in [0.15, 0.2) is 18.2 Å². The quantitative estimate of drug-likeness (QED) is 0.902. The van der Waals surface area contributed by atoms with Crippen molar-refractivity contribution in [1.82, 2.24) is 0 Å². The van der Waals surface area contributed by atoms with Crippen molar-refractivity contribution in [3.8, 4) is 5.75 Å². The van der Waals surface area contributed by atoms with Gasteiger partial charge in [0.2, 0.25) is 0 Å². The lowest BCUT2D eigenvalue weighted by molar-refractivity contribution is -0.139. The summed E-state index contributed by atoms with van der Waals surface area (Å²) >= 11 is 0. The summed E-state index contributed by atoms with van der Waals surface area (Å²) in [7, 11) is 0. The molecule has 0 heterocycles. The van der Waals surface area contributed by atoms with Crippen LogP contribution in [0.5, 0.6) is 5.75 Å². The maximum Gasteiger partial charge on any atom is 0.392 e. The molecule has 0 bridgehead atoms. The van der Waals surface area contributed by atoms with Gasteiger partial charge >= 0.3 is 6.18 Å². The largest absolute Gasteiger partial charge is 0.493 e. The molecule has 5 heteroatoms. The summed E-state index contributed by atoms with van der Waals surface area (Å²) in [6, 6.07) is 5.17. The van der Waals surface area contributed by atoms with Crippen LogP contribution in [0.2, 0.25) is 0 Å². The molecular formula is C13H15F3O2. The molecule has 0 fully saturated rings. The van der Waals surface area contributed by atoms with E-state index in [1.807, 2.05) is 0 Å². The first-order valence-corrected chi connectivity index (χ1v) is 5.97. The van der Waals surface area contributed by atoms with Gasteiger partial charge in [-0.1, -0.05) is 12.1 Å². The Balaban J connectivity index is 2.07. The van der Waals surface area contributed by atoms with Gasteiger partial charge in [-0.2, -0.15) is 13.2 Å². The Bertz CT molecular complexity index is 415. The summed E-state index contributed by atoms with van der Waals surface area (Å²) in [6.07, 6.45) is -3.42. The van der Waals surface area contributed by atoms with Gasteiger partial charge < -0.3 is 9.84 Å². The molecule has 0 aliphatic heterocycles. The molecule has 1 unspecified atom stereocenters. The van der Waals surface area contributed by atoms with Gasteiger partial charge in [-0.15, -0.1) is 0 Å². The van der Waals surface area contributed by atoms with E-state index in [0.717, 1.165) is 24.0 Å². The first kappa shape index (κ1) is 13.2. The van der Waals surface area contributed by atoms with Gasteiger partial charge in [0.1, 0.15) is 5.75 Å². The maximum absolute atomic E-state index is 12.0. The molecule has 0 spiro atoms. The number of hydrogen-bond acceptors (Lipinski definition) is 2. The molecule has 1 aromatic rings. The van der Waals surface area contributed by atoms with Crippen LogP contribution in [0.25, 0.3) is 0 Å². The third kappa shape index (κ3) is 3.16. The molecule has 0 radical (unpaired) electrons. The Labute approximate surface area is 103 Å². The summed E-state index contributed by atoms with van der Waals surface area (Å²) < 4.78 is 41.3. The number of aliphatic hydroxyl groups excluding tert-OH is 1. The van der Waals surface area contributed by atoms with Crippen molar-refractivity contribution in [2.24, 2.45) is 0 Å². The van der Waals surface area contributed by atoms with Gasteiger partial charge in [-0.05, 0) is 36.5 Å². The first-order chi connectivity index (χ1) is 8.47. The molecule has 1 aromatic carbocycles. The van der Waals surface area contributed by atoms with Crippen LogP contribution >= 0.6 is 0 Å². The average molecular weight is 260 g/mol. The standard InChI is InChI=1S/C13H15F3O2/c14-13(15,16)7-8-18-12-6-2-3-9-10(12)4-1-5-11(9)17/h2-3,6,11,17H,1,4-5,7-8H2. The van der Waals surface area contributed by atoms with Gasteiger partial charge in [0.15, 0.2) is 0 Å². The molecule has 0 saturated heterocycles. The van der Waals surface area contributed by atoms with E-state index < -0.39 is 18.7 Å². The minimum Gasteiger partial charge on any atom is -0.493 e. The van der Waals surface area contributed by atoms with E-state index in [2.05, 4.69) is 0 Å². The number of ether oxygens (including phenoxy) is 1. The monoisotopic (exact) mass is 260 g/mol. The van der Waals surface area contributed by atoms with E-state index in [0.29, 0.717) is 12.2 Å². The summed E-state index contributed by atoms with van der Waals surface area (Å²) in [4.78, 5) is 0. The average Bonchev–Trinajstić information content (AvgIpc) is 2.29. The fourth-order valence-electron chi connectivity index (χ4n) is 2.20. The van der Waals surface area contributed by atoms with Crippen molar-refractivity contribution >= 4 is 0 Å². The Morgan fingerprint density at radius 2 is 2.11 bits per heavy atom. The number of benzene rings is 1. The molecule has 1 N–H and O–H groups in total. The normalized spacial score (nSPS) is 19.4. The Hall–Kier alpha value is -1.23. The highest BCUT2D eigenvalue weighted by Gasteiger charge is 2.27. The van der Waals surface area contributed by atoms with E-state index in [1.54, 1.807) is 18.2 Å². The zero-order chi connectivity index (χ0) is 13.2. The van der Waals surface area contributed by atoms with Gasteiger partial charge in [0.05, 0.1) is 19.1 Å². The van der Waals surface area contributed by atoms with E-state index >= 15 is 0 Å². The van der Waals surface area contributed by atoms with Crippen molar-refractivity contribution in [2.75, 3.05) is 6.61 Å². The molecule has 100 valence electrons. The third-order valence-electron chi connectivity index (χ3n) is 3.08. The molecule has 2 rings (SSSR count). The molecule has 0 saturated carbocycles. The van der Waals surface area contributed by atoms with Crippen molar-refractivity contribution < 1.29 is 23.0 Å². The number of aliphatic hydroxyl groups is 1. The minimum atomic E-state index is -4.20. The summed E-state index contributed by atoms with van der Waals surface area (Å²) in [6.45, 7) is -0.379. The number of hydrogen-bond donors (Lipinski definition) is 1. The van der Waals surface area contributed by atoms with Gasteiger partial charge in [-0.25, -0.2) is 0 Å². The second kappa shape index (κ2) is 5.18. The van der Waals surface area contributed by atoms with Crippen molar-refractivity contribution in [3.05, 3.63) is 29.3 Å². The van der Waals surface area contributed by atoms with Gasteiger partial charge in [-0.3, -0.25) is 0 Å². The lowest BCUT2D eigenvalue weighted by Crippen LogP contribution is -2.15. The number of halogens is 3. The van der Waals surface area contributed by atoms with Crippen LogP contribution in [0.1, 0.15) is 36.5 Å². The van der Waals surface area contributed by atoms with Crippen LogP contribution in [-0.2, 0) is 6.42 Å². The molecule has 18 heavy (non-hydrogen) atoms. The highest BCUT2D eigenvalue weighted by Crippen LogP contribution is 2.35. The molecular weight excluding hydrogens is 245 g/mol. The third-order valence-corrected chi connectivity index (χ3v) is 3.08. The maximum atomic E-state index is 12.0.